The van der Waals surface area contributed by atoms with E-state index in [9.17, 15) is 13.2 Å². The van der Waals surface area contributed by atoms with Crippen LogP contribution in [0.2, 0.25) is 0 Å². The van der Waals surface area contributed by atoms with Crippen molar-refractivity contribution in [2.45, 2.75) is 32.6 Å². The van der Waals surface area contributed by atoms with Gasteiger partial charge in [-0.3, -0.25) is 0 Å². The van der Waals surface area contributed by atoms with Gasteiger partial charge in [0.2, 0.25) is 0 Å². The van der Waals surface area contributed by atoms with Gasteiger partial charge in [0, 0.05) is 0 Å². The largest absolute Gasteiger partial charge is 0.411 e. The quantitative estimate of drug-likeness (QED) is 0.722. The summed E-state index contributed by atoms with van der Waals surface area (Å²) in [5.74, 6) is 0.694. The maximum absolute atomic E-state index is 11.8. The van der Waals surface area contributed by atoms with Gasteiger partial charge in [0.15, 0.2) is 0 Å². The van der Waals surface area contributed by atoms with Crippen molar-refractivity contribution in [3.63, 3.8) is 0 Å². The van der Waals surface area contributed by atoms with Crippen LogP contribution in [-0.4, -0.2) is 40.7 Å². The Labute approximate surface area is 103 Å². The third kappa shape index (κ3) is 5.97. The van der Waals surface area contributed by atoms with Gasteiger partial charge in [-0.05, 0) is 13.0 Å². The summed E-state index contributed by atoms with van der Waals surface area (Å²) in [5.41, 5.74) is 0. The predicted octanol–water partition coefficient (Wildman–Crippen LogP) is 1.36. The van der Waals surface area contributed by atoms with E-state index < -0.39 is 12.8 Å². The molecule has 104 valence electrons. The molecule has 0 atom stereocenters. The average Bonchev–Trinajstić information content (AvgIpc) is 2.71. The highest BCUT2D eigenvalue weighted by Crippen LogP contribution is 2.14. The molecular weight excluding hydrogens is 249 g/mol. The topological polar surface area (TPSA) is 52.0 Å². The molecule has 0 aromatic carbocycles. The van der Waals surface area contributed by atoms with Crippen LogP contribution in [0.4, 0.5) is 13.2 Å². The number of aromatic nitrogens is 3. The number of alkyl halides is 3. The Morgan fingerprint density at radius 3 is 2.89 bits per heavy atom. The van der Waals surface area contributed by atoms with Crippen LogP contribution in [0.15, 0.2) is 6.33 Å². The molecule has 0 aliphatic carbocycles. The first kappa shape index (κ1) is 14.9. The summed E-state index contributed by atoms with van der Waals surface area (Å²) in [6, 6.07) is 0. The molecule has 0 aliphatic rings. The van der Waals surface area contributed by atoms with Crippen molar-refractivity contribution in [3.8, 4) is 0 Å². The Kier molecular flexibility index (Phi) is 6.06. The number of nitrogens with zero attached hydrogens (tertiary/aromatic N) is 3. The first-order chi connectivity index (χ1) is 8.53. The van der Waals surface area contributed by atoms with E-state index in [-0.39, 0.29) is 13.2 Å². The summed E-state index contributed by atoms with van der Waals surface area (Å²) in [5, 5.41) is 7.08. The number of ether oxygens (including phenoxy) is 1. The predicted molar refractivity (Wildman–Crippen MR) is 58.9 cm³/mol. The fraction of sp³-hybridized carbons (Fsp3) is 0.800. The van der Waals surface area contributed by atoms with Crippen LogP contribution in [0.1, 0.15) is 19.2 Å². The van der Waals surface area contributed by atoms with Crippen molar-refractivity contribution in [2.75, 3.05) is 19.8 Å². The first-order valence-corrected chi connectivity index (χ1v) is 5.75. The second-order valence-electron chi connectivity index (χ2n) is 3.74. The summed E-state index contributed by atoms with van der Waals surface area (Å²) >= 11 is 0. The lowest BCUT2D eigenvalue weighted by Crippen LogP contribution is -2.22. The molecule has 1 rings (SSSR count). The van der Waals surface area contributed by atoms with Gasteiger partial charge in [0.25, 0.3) is 0 Å². The Morgan fingerprint density at radius 1 is 1.44 bits per heavy atom. The molecule has 1 heterocycles. The van der Waals surface area contributed by atoms with Gasteiger partial charge >= 0.3 is 6.18 Å². The molecule has 0 aliphatic heterocycles. The lowest BCUT2D eigenvalue weighted by atomic mass is 10.4. The summed E-state index contributed by atoms with van der Waals surface area (Å²) < 4.78 is 41.6. The van der Waals surface area contributed by atoms with Gasteiger partial charge in [0.05, 0.1) is 19.7 Å². The van der Waals surface area contributed by atoms with Crippen molar-refractivity contribution in [1.82, 2.24) is 20.1 Å². The summed E-state index contributed by atoms with van der Waals surface area (Å²) in [6.07, 6.45) is -1.90. The maximum Gasteiger partial charge on any atom is 0.411 e. The molecule has 0 bridgehead atoms. The minimum atomic E-state index is -4.28. The van der Waals surface area contributed by atoms with E-state index in [1.54, 1.807) is 4.68 Å². The number of nitrogens with one attached hydrogen (secondary N) is 1. The molecule has 1 aromatic rings. The first-order valence-electron chi connectivity index (χ1n) is 5.75. The zero-order valence-corrected chi connectivity index (χ0v) is 10.2. The fourth-order valence-electron chi connectivity index (χ4n) is 1.33. The van der Waals surface area contributed by atoms with Gasteiger partial charge < -0.3 is 10.1 Å². The monoisotopic (exact) mass is 266 g/mol. The third-order valence-corrected chi connectivity index (χ3v) is 2.12. The van der Waals surface area contributed by atoms with Crippen LogP contribution >= 0.6 is 0 Å². The zero-order chi connectivity index (χ0) is 13.4. The second-order valence-corrected chi connectivity index (χ2v) is 3.74. The molecule has 0 saturated heterocycles. The lowest BCUT2D eigenvalue weighted by Gasteiger charge is -2.09. The molecule has 18 heavy (non-hydrogen) atoms. The fourth-order valence-corrected chi connectivity index (χ4v) is 1.33. The molecule has 8 heteroatoms. The molecule has 0 radical (unpaired) electrons. The molecule has 0 unspecified atom stereocenters. The highest BCUT2D eigenvalue weighted by Gasteiger charge is 2.27. The molecule has 5 nitrogen and oxygen atoms in total. The van der Waals surface area contributed by atoms with E-state index in [2.05, 4.69) is 20.1 Å². The molecule has 1 N–H and O–H groups in total. The SMILES string of the molecule is CCCNCc1ncnn1CCOCC(F)(F)F. The summed E-state index contributed by atoms with van der Waals surface area (Å²) in [7, 11) is 0. The smallest absolute Gasteiger partial charge is 0.370 e. The van der Waals surface area contributed by atoms with Gasteiger partial charge in [0.1, 0.15) is 18.8 Å². The minimum absolute atomic E-state index is 0.0380. The van der Waals surface area contributed by atoms with Crippen molar-refractivity contribution in [2.24, 2.45) is 0 Å². The summed E-state index contributed by atoms with van der Waals surface area (Å²) in [4.78, 5) is 4.03. The molecular formula is C10H17F3N4O. The van der Waals surface area contributed by atoms with Crippen molar-refractivity contribution < 1.29 is 17.9 Å². The average molecular weight is 266 g/mol. The molecule has 0 saturated carbocycles. The highest BCUT2D eigenvalue weighted by atomic mass is 19.4. The molecule has 0 amide bonds. The molecule has 1 aromatic heterocycles. The number of hydrogen-bond acceptors (Lipinski definition) is 4. The normalized spacial score (nSPS) is 12.0. The van der Waals surface area contributed by atoms with E-state index >= 15 is 0 Å². The second kappa shape index (κ2) is 7.32. The number of hydrogen-bond donors (Lipinski definition) is 1. The lowest BCUT2D eigenvalue weighted by molar-refractivity contribution is -0.174. The Morgan fingerprint density at radius 2 is 2.22 bits per heavy atom. The van der Waals surface area contributed by atoms with Gasteiger partial charge in [-0.15, -0.1) is 0 Å². The van der Waals surface area contributed by atoms with E-state index in [1.807, 2.05) is 6.92 Å². The van der Waals surface area contributed by atoms with E-state index in [0.29, 0.717) is 12.4 Å². The van der Waals surface area contributed by atoms with Crippen LogP contribution in [0.25, 0.3) is 0 Å². The van der Waals surface area contributed by atoms with E-state index in [0.717, 1.165) is 13.0 Å². The van der Waals surface area contributed by atoms with Gasteiger partial charge in [-0.1, -0.05) is 6.92 Å². The van der Waals surface area contributed by atoms with Gasteiger partial charge in [-0.25, -0.2) is 9.67 Å². The van der Waals surface area contributed by atoms with Crippen LogP contribution in [0.3, 0.4) is 0 Å². The Bertz CT molecular complexity index is 340. The third-order valence-electron chi connectivity index (χ3n) is 2.12. The molecule has 0 fully saturated rings. The van der Waals surface area contributed by atoms with Crippen molar-refractivity contribution in [1.29, 1.82) is 0 Å². The van der Waals surface area contributed by atoms with E-state index in [1.165, 1.54) is 6.33 Å². The van der Waals surface area contributed by atoms with Crippen molar-refractivity contribution in [3.05, 3.63) is 12.2 Å². The summed E-state index contributed by atoms with van der Waals surface area (Å²) in [6.45, 7) is 2.45. The van der Waals surface area contributed by atoms with E-state index in [4.69, 9.17) is 0 Å². The van der Waals surface area contributed by atoms with Crippen molar-refractivity contribution >= 4 is 0 Å². The maximum atomic E-state index is 11.8. The molecule has 0 spiro atoms. The van der Waals surface area contributed by atoms with Crippen LogP contribution in [0.5, 0.6) is 0 Å². The van der Waals surface area contributed by atoms with Gasteiger partial charge in [-0.2, -0.15) is 18.3 Å². The Balaban J connectivity index is 2.27. The standard InChI is InChI=1S/C10H17F3N4O/c1-2-3-14-6-9-15-8-16-17(9)4-5-18-7-10(11,12)13/h8,14H,2-7H2,1H3. The minimum Gasteiger partial charge on any atom is -0.370 e. The highest BCUT2D eigenvalue weighted by molar-refractivity contribution is 4.83. The Hall–Kier alpha value is -1.15. The zero-order valence-electron chi connectivity index (χ0n) is 10.2. The number of rotatable bonds is 8. The van der Waals surface area contributed by atoms with Crippen LogP contribution in [-0.2, 0) is 17.8 Å². The van der Waals surface area contributed by atoms with Crippen LogP contribution < -0.4 is 5.32 Å². The van der Waals surface area contributed by atoms with Crippen LogP contribution in [0, 0.1) is 0 Å². The number of halogens is 3.